The molecule has 0 unspecified atom stereocenters. The van der Waals surface area contributed by atoms with Gasteiger partial charge in [0.2, 0.25) is 5.75 Å². The minimum absolute atomic E-state index is 0.502. The second-order valence-corrected chi connectivity index (χ2v) is 3.97. The quantitative estimate of drug-likeness (QED) is 0.784. The fourth-order valence-electron chi connectivity index (χ4n) is 1.97. The minimum atomic E-state index is 0.502. The molecule has 5 nitrogen and oxygen atoms in total. The Bertz CT molecular complexity index is 600. The number of hydrogen-bond acceptors (Lipinski definition) is 5. The molecular formula is C15H15NO4. The van der Waals surface area contributed by atoms with E-state index in [1.165, 1.54) is 7.11 Å². The molecule has 20 heavy (non-hydrogen) atoms. The van der Waals surface area contributed by atoms with Crippen LogP contribution in [0.15, 0.2) is 30.5 Å². The minimum Gasteiger partial charge on any atom is -0.493 e. The SMILES string of the molecule is COc1cc(-c2ncccc2C=O)cc(OC)c1OC. The molecule has 1 aromatic heterocycles. The highest BCUT2D eigenvalue weighted by Crippen LogP contribution is 2.41. The van der Waals surface area contributed by atoms with Gasteiger partial charge in [-0.2, -0.15) is 0 Å². The summed E-state index contributed by atoms with van der Waals surface area (Å²) in [5, 5.41) is 0. The lowest BCUT2D eigenvalue weighted by molar-refractivity contribution is 0.112. The molecule has 5 heteroatoms. The number of ether oxygens (including phenoxy) is 3. The molecule has 1 aromatic carbocycles. The Morgan fingerprint density at radius 3 is 2.20 bits per heavy atom. The molecular weight excluding hydrogens is 258 g/mol. The molecule has 0 amide bonds. The predicted octanol–water partition coefficient (Wildman–Crippen LogP) is 2.59. The van der Waals surface area contributed by atoms with Crippen molar-refractivity contribution in [3.8, 4) is 28.5 Å². The molecule has 0 aliphatic carbocycles. The predicted molar refractivity (Wildman–Crippen MR) is 74.7 cm³/mol. The van der Waals surface area contributed by atoms with Gasteiger partial charge >= 0.3 is 0 Å². The summed E-state index contributed by atoms with van der Waals surface area (Å²) in [5.41, 5.74) is 1.80. The third kappa shape index (κ3) is 2.42. The molecule has 0 N–H and O–H groups in total. The standard InChI is InChI=1S/C15H15NO4/c1-18-12-7-11(8-13(19-2)15(12)20-3)14-10(9-17)5-4-6-16-14/h4-9H,1-3H3. The van der Waals surface area contributed by atoms with Gasteiger partial charge in [0.1, 0.15) is 0 Å². The van der Waals surface area contributed by atoms with Crippen LogP contribution in [0.5, 0.6) is 17.2 Å². The van der Waals surface area contributed by atoms with E-state index in [4.69, 9.17) is 14.2 Å². The summed E-state index contributed by atoms with van der Waals surface area (Å²) in [7, 11) is 4.62. The molecule has 2 rings (SSSR count). The molecule has 2 aromatic rings. The number of rotatable bonds is 5. The van der Waals surface area contributed by atoms with Crippen molar-refractivity contribution in [2.75, 3.05) is 21.3 Å². The smallest absolute Gasteiger partial charge is 0.203 e. The number of carbonyl (C=O) groups excluding carboxylic acids is 1. The second kappa shape index (κ2) is 6.06. The number of methoxy groups -OCH3 is 3. The van der Waals surface area contributed by atoms with E-state index in [0.29, 0.717) is 28.5 Å². The number of pyridine rings is 1. The van der Waals surface area contributed by atoms with Crippen LogP contribution in [0.25, 0.3) is 11.3 Å². The van der Waals surface area contributed by atoms with Gasteiger partial charge in [0.25, 0.3) is 0 Å². The average molecular weight is 273 g/mol. The number of aromatic nitrogens is 1. The highest BCUT2D eigenvalue weighted by atomic mass is 16.5. The van der Waals surface area contributed by atoms with E-state index >= 15 is 0 Å². The van der Waals surface area contributed by atoms with Crippen molar-refractivity contribution in [2.24, 2.45) is 0 Å². The third-order valence-corrected chi connectivity index (χ3v) is 2.90. The van der Waals surface area contributed by atoms with Gasteiger partial charge in [0.15, 0.2) is 17.8 Å². The summed E-state index contributed by atoms with van der Waals surface area (Å²) in [6.45, 7) is 0. The number of nitrogens with zero attached hydrogens (tertiary/aromatic N) is 1. The third-order valence-electron chi connectivity index (χ3n) is 2.90. The van der Waals surface area contributed by atoms with Gasteiger partial charge < -0.3 is 14.2 Å². The number of hydrogen-bond donors (Lipinski definition) is 0. The average Bonchev–Trinajstić information content (AvgIpc) is 2.53. The van der Waals surface area contributed by atoms with E-state index in [1.807, 2.05) is 0 Å². The van der Waals surface area contributed by atoms with E-state index in [1.54, 1.807) is 44.7 Å². The number of carbonyl (C=O) groups is 1. The summed E-state index contributed by atoms with van der Waals surface area (Å²) in [6.07, 6.45) is 2.40. The van der Waals surface area contributed by atoms with Gasteiger partial charge in [-0.3, -0.25) is 9.78 Å². The fourth-order valence-corrected chi connectivity index (χ4v) is 1.97. The molecule has 0 aliphatic heterocycles. The Morgan fingerprint density at radius 1 is 1.05 bits per heavy atom. The number of benzene rings is 1. The van der Waals surface area contributed by atoms with Crippen molar-refractivity contribution in [2.45, 2.75) is 0 Å². The van der Waals surface area contributed by atoms with E-state index in [0.717, 1.165) is 11.8 Å². The van der Waals surface area contributed by atoms with Crippen LogP contribution in [0.2, 0.25) is 0 Å². The first-order chi connectivity index (χ1) is 9.74. The van der Waals surface area contributed by atoms with E-state index in [9.17, 15) is 4.79 Å². The van der Waals surface area contributed by atoms with Gasteiger partial charge in [-0.15, -0.1) is 0 Å². The van der Waals surface area contributed by atoms with Crippen LogP contribution in [0, 0.1) is 0 Å². The van der Waals surface area contributed by atoms with Crippen LogP contribution < -0.4 is 14.2 Å². The molecule has 104 valence electrons. The normalized spacial score (nSPS) is 9.95. The van der Waals surface area contributed by atoms with Crippen molar-refractivity contribution in [1.82, 2.24) is 4.98 Å². The van der Waals surface area contributed by atoms with E-state index in [-0.39, 0.29) is 0 Å². The van der Waals surface area contributed by atoms with Gasteiger partial charge in [0.05, 0.1) is 27.0 Å². The van der Waals surface area contributed by atoms with Crippen LogP contribution in [-0.2, 0) is 0 Å². The van der Waals surface area contributed by atoms with Gasteiger partial charge in [-0.05, 0) is 24.3 Å². The Labute approximate surface area is 117 Å². The second-order valence-electron chi connectivity index (χ2n) is 3.97. The Hall–Kier alpha value is -2.56. The largest absolute Gasteiger partial charge is 0.493 e. The van der Waals surface area contributed by atoms with Gasteiger partial charge in [-0.25, -0.2) is 0 Å². The summed E-state index contributed by atoms with van der Waals surface area (Å²) >= 11 is 0. The highest BCUT2D eigenvalue weighted by Gasteiger charge is 2.16. The molecule has 0 aliphatic rings. The summed E-state index contributed by atoms with van der Waals surface area (Å²) in [5.74, 6) is 1.54. The molecule has 0 atom stereocenters. The summed E-state index contributed by atoms with van der Waals surface area (Å²) in [6, 6.07) is 6.94. The summed E-state index contributed by atoms with van der Waals surface area (Å²) < 4.78 is 15.9. The van der Waals surface area contributed by atoms with E-state index in [2.05, 4.69) is 4.98 Å². The van der Waals surface area contributed by atoms with Crippen molar-refractivity contribution >= 4 is 6.29 Å². The van der Waals surface area contributed by atoms with Crippen molar-refractivity contribution in [1.29, 1.82) is 0 Å². The zero-order valence-corrected chi connectivity index (χ0v) is 11.5. The first-order valence-corrected chi connectivity index (χ1v) is 5.95. The van der Waals surface area contributed by atoms with Crippen LogP contribution >= 0.6 is 0 Å². The zero-order chi connectivity index (χ0) is 14.5. The molecule has 1 heterocycles. The Balaban J connectivity index is 2.66. The van der Waals surface area contributed by atoms with Crippen LogP contribution in [0.1, 0.15) is 10.4 Å². The topological polar surface area (TPSA) is 57.7 Å². The van der Waals surface area contributed by atoms with Crippen molar-refractivity contribution in [3.05, 3.63) is 36.0 Å². The molecule has 0 saturated heterocycles. The first kappa shape index (κ1) is 13.9. The maximum absolute atomic E-state index is 11.1. The van der Waals surface area contributed by atoms with Crippen LogP contribution in [0.3, 0.4) is 0 Å². The van der Waals surface area contributed by atoms with Crippen LogP contribution in [0.4, 0.5) is 0 Å². The van der Waals surface area contributed by atoms with Crippen molar-refractivity contribution < 1.29 is 19.0 Å². The first-order valence-electron chi connectivity index (χ1n) is 5.95. The van der Waals surface area contributed by atoms with Gasteiger partial charge in [0, 0.05) is 17.3 Å². The monoisotopic (exact) mass is 273 g/mol. The van der Waals surface area contributed by atoms with Crippen molar-refractivity contribution in [3.63, 3.8) is 0 Å². The van der Waals surface area contributed by atoms with Gasteiger partial charge in [-0.1, -0.05) is 0 Å². The number of aldehydes is 1. The molecule has 0 saturated carbocycles. The zero-order valence-electron chi connectivity index (χ0n) is 11.5. The lowest BCUT2D eigenvalue weighted by Crippen LogP contribution is -1.97. The lowest BCUT2D eigenvalue weighted by Gasteiger charge is -2.14. The lowest BCUT2D eigenvalue weighted by atomic mass is 10.1. The maximum Gasteiger partial charge on any atom is 0.203 e. The highest BCUT2D eigenvalue weighted by molar-refractivity contribution is 5.86. The molecule has 0 radical (unpaired) electrons. The Morgan fingerprint density at radius 2 is 1.70 bits per heavy atom. The maximum atomic E-state index is 11.1. The van der Waals surface area contributed by atoms with Crippen LogP contribution in [-0.4, -0.2) is 32.6 Å². The summed E-state index contributed by atoms with van der Waals surface area (Å²) in [4.78, 5) is 15.3. The molecule has 0 spiro atoms. The molecule has 0 fully saturated rings. The fraction of sp³-hybridized carbons (Fsp3) is 0.200. The molecule has 0 bridgehead atoms. The Kier molecular flexibility index (Phi) is 4.20. The van der Waals surface area contributed by atoms with E-state index < -0.39 is 0 Å².